The van der Waals surface area contributed by atoms with Crippen molar-refractivity contribution in [2.45, 2.75) is 6.42 Å². The number of rotatable bonds is 1. The smallest absolute Gasteiger partial charge is 0.335 e. The summed E-state index contributed by atoms with van der Waals surface area (Å²) in [6, 6.07) is 9.78. The van der Waals surface area contributed by atoms with Gasteiger partial charge >= 0.3 is 5.97 Å². The Labute approximate surface area is 97.3 Å². The lowest BCUT2D eigenvalue weighted by Crippen LogP contribution is -2.01. The predicted octanol–water partition coefficient (Wildman–Crippen LogP) is 3.10. The normalized spacial score (nSPS) is 12.1. The van der Waals surface area contributed by atoms with Crippen LogP contribution in [0, 0.1) is 5.82 Å². The number of halogens is 1. The lowest BCUT2D eigenvalue weighted by atomic mass is 10.0. The Hall–Kier alpha value is -2.16. The second-order valence-electron chi connectivity index (χ2n) is 4.12. The molecular weight excluding hydrogens is 219 g/mol. The first-order valence-corrected chi connectivity index (χ1v) is 5.31. The molecule has 0 unspecified atom stereocenters. The molecule has 0 amide bonds. The van der Waals surface area contributed by atoms with Crippen molar-refractivity contribution in [3.8, 4) is 11.1 Å². The van der Waals surface area contributed by atoms with Crippen LogP contribution in [0.4, 0.5) is 4.39 Å². The Morgan fingerprint density at radius 2 is 2.00 bits per heavy atom. The Bertz CT molecular complexity index is 632. The molecule has 2 nitrogen and oxygen atoms in total. The Kier molecular flexibility index (Phi) is 2.01. The number of carboxylic acid groups (broad SMARTS) is 1. The number of aromatic carboxylic acids is 1. The molecule has 0 saturated carbocycles. The van der Waals surface area contributed by atoms with E-state index in [1.165, 1.54) is 12.1 Å². The van der Waals surface area contributed by atoms with Crippen molar-refractivity contribution in [3.63, 3.8) is 0 Å². The van der Waals surface area contributed by atoms with Gasteiger partial charge in [0, 0.05) is 0 Å². The zero-order valence-electron chi connectivity index (χ0n) is 8.90. The van der Waals surface area contributed by atoms with Gasteiger partial charge in [0.25, 0.3) is 0 Å². The summed E-state index contributed by atoms with van der Waals surface area (Å²) in [6.45, 7) is 0. The van der Waals surface area contributed by atoms with Gasteiger partial charge in [-0.25, -0.2) is 9.18 Å². The van der Waals surface area contributed by atoms with Crippen LogP contribution < -0.4 is 0 Å². The molecule has 1 N–H and O–H groups in total. The van der Waals surface area contributed by atoms with Gasteiger partial charge in [-0.15, -0.1) is 0 Å². The minimum Gasteiger partial charge on any atom is -0.478 e. The lowest BCUT2D eigenvalue weighted by molar-refractivity contribution is 0.0696. The highest BCUT2D eigenvalue weighted by molar-refractivity contribution is 5.94. The SMILES string of the molecule is O=C(O)c1cccc2c1Cc1cc(F)ccc1-2. The van der Waals surface area contributed by atoms with Crippen LogP contribution in [0.15, 0.2) is 36.4 Å². The standard InChI is InChI=1S/C14H9FO2/c15-9-4-5-10-8(6-9)7-13-11(10)2-1-3-12(13)14(16)17/h1-6H,7H2,(H,16,17). The molecule has 0 bridgehead atoms. The predicted molar refractivity (Wildman–Crippen MR) is 61.6 cm³/mol. The third kappa shape index (κ3) is 1.43. The minimum absolute atomic E-state index is 0.284. The highest BCUT2D eigenvalue weighted by Crippen LogP contribution is 2.38. The van der Waals surface area contributed by atoms with E-state index in [1.807, 2.05) is 6.07 Å². The highest BCUT2D eigenvalue weighted by atomic mass is 19.1. The Morgan fingerprint density at radius 3 is 2.76 bits per heavy atom. The summed E-state index contributed by atoms with van der Waals surface area (Å²) in [5.41, 5.74) is 3.78. The average Bonchev–Trinajstić information content (AvgIpc) is 2.65. The van der Waals surface area contributed by atoms with E-state index < -0.39 is 5.97 Å². The van der Waals surface area contributed by atoms with E-state index in [9.17, 15) is 9.18 Å². The third-order valence-electron chi connectivity index (χ3n) is 3.13. The second kappa shape index (κ2) is 3.42. The molecule has 3 rings (SSSR count). The quantitative estimate of drug-likeness (QED) is 0.694. The molecular formula is C14H9FO2. The van der Waals surface area contributed by atoms with Crippen molar-refractivity contribution < 1.29 is 14.3 Å². The van der Waals surface area contributed by atoms with Gasteiger partial charge in [-0.05, 0) is 46.9 Å². The van der Waals surface area contributed by atoms with Gasteiger partial charge in [-0.2, -0.15) is 0 Å². The molecule has 2 aromatic carbocycles. The zero-order chi connectivity index (χ0) is 12.0. The minimum atomic E-state index is -0.935. The fourth-order valence-electron chi connectivity index (χ4n) is 2.39. The van der Waals surface area contributed by atoms with Crippen LogP contribution in [0.25, 0.3) is 11.1 Å². The summed E-state index contributed by atoms with van der Waals surface area (Å²) in [5.74, 6) is -1.22. The van der Waals surface area contributed by atoms with Gasteiger partial charge in [0.1, 0.15) is 5.82 Å². The van der Waals surface area contributed by atoms with Crippen molar-refractivity contribution in [1.82, 2.24) is 0 Å². The summed E-state index contributed by atoms with van der Waals surface area (Å²) < 4.78 is 13.1. The van der Waals surface area contributed by atoms with Crippen molar-refractivity contribution in [1.29, 1.82) is 0 Å². The summed E-state index contributed by atoms with van der Waals surface area (Å²) in [4.78, 5) is 11.1. The average molecular weight is 228 g/mol. The van der Waals surface area contributed by atoms with Crippen molar-refractivity contribution >= 4 is 5.97 Å². The molecule has 3 heteroatoms. The van der Waals surface area contributed by atoms with E-state index in [2.05, 4.69) is 0 Å². The van der Waals surface area contributed by atoms with Gasteiger partial charge < -0.3 is 5.11 Å². The van der Waals surface area contributed by atoms with Crippen LogP contribution >= 0.6 is 0 Å². The van der Waals surface area contributed by atoms with Gasteiger partial charge in [-0.3, -0.25) is 0 Å². The van der Waals surface area contributed by atoms with Crippen LogP contribution in [0.2, 0.25) is 0 Å². The molecule has 17 heavy (non-hydrogen) atoms. The van der Waals surface area contributed by atoms with Crippen molar-refractivity contribution in [3.05, 3.63) is 58.9 Å². The first kappa shape index (κ1) is 10.0. The maximum atomic E-state index is 13.1. The molecule has 1 aliphatic carbocycles. The second-order valence-corrected chi connectivity index (χ2v) is 4.12. The third-order valence-corrected chi connectivity index (χ3v) is 3.13. The number of carboxylic acids is 1. The summed E-state index contributed by atoms with van der Waals surface area (Å²) >= 11 is 0. The molecule has 84 valence electrons. The van der Waals surface area contributed by atoms with Crippen LogP contribution in [-0.4, -0.2) is 11.1 Å². The molecule has 2 aromatic rings. The fourth-order valence-corrected chi connectivity index (χ4v) is 2.39. The van der Waals surface area contributed by atoms with Gasteiger partial charge in [0.2, 0.25) is 0 Å². The molecule has 0 heterocycles. The van der Waals surface area contributed by atoms with Gasteiger partial charge in [0.05, 0.1) is 5.56 Å². The van der Waals surface area contributed by atoms with E-state index in [1.54, 1.807) is 18.2 Å². The van der Waals surface area contributed by atoms with E-state index in [4.69, 9.17) is 5.11 Å². The van der Waals surface area contributed by atoms with Crippen molar-refractivity contribution in [2.24, 2.45) is 0 Å². The number of hydrogen-bond donors (Lipinski definition) is 1. The van der Waals surface area contributed by atoms with Crippen molar-refractivity contribution in [2.75, 3.05) is 0 Å². The topological polar surface area (TPSA) is 37.3 Å². The number of carbonyl (C=O) groups is 1. The Balaban J connectivity index is 2.25. The number of hydrogen-bond acceptors (Lipinski definition) is 1. The Morgan fingerprint density at radius 1 is 1.18 bits per heavy atom. The van der Waals surface area contributed by atoms with E-state index in [0.717, 1.165) is 22.3 Å². The maximum Gasteiger partial charge on any atom is 0.335 e. The lowest BCUT2D eigenvalue weighted by Gasteiger charge is -2.03. The van der Waals surface area contributed by atoms with E-state index >= 15 is 0 Å². The molecule has 0 fully saturated rings. The number of fused-ring (bicyclic) bond motifs is 3. The molecule has 0 aromatic heterocycles. The maximum absolute atomic E-state index is 13.1. The largest absolute Gasteiger partial charge is 0.478 e. The van der Waals surface area contributed by atoms with Crippen LogP contribution in [-0.2, 0) is 6.42 Å². The summed E-state index contributed by atoms with van der Waals surface area (Å²) in [6.07, 6.45) is 0.491. The van der Waals surface area contributed by atoms with Gasteiger partial charge in [-0.1, -0.05) is 18.2 Å². The van der Waals surface area contributed by atoms with Crippen LogP contribution in [0.5, 0.6) is 0 Å². The molecule has 0 radical (unpaired) electrons. The zero-order valence-corrected chi connectivity index (χ0v) is 8.90. The number of benzene rings is 2. The molecule has 0 aliphatic heterocycles. The first-order chi connectivity index (χ1) is 8.16. The van der Waals surface area contributed by atoms with Gasteiger partial charge in [0.15, 0.2) is 0 Å². The first-order valence-electron chi connectivity index (χ1n) is 5.31. The fraction of sp³-hybridized carbons (Fsp3) is 0.0714. The molecule has 0 spiro atoms. The monoisotopic (exact) mass is 228 g/mol. The van der Waals surface area contributed by atoms with E-state index in [0.29, 0.717) is 12.0 Å². The molecule has 1 aliphatic rings. The van der Waals surface area contributed by atoms with E-state index in [-0.39, 0.29) is 5.82 Å². The van der Waals surface area contributed by atoms with Crippen LogP contribution in [0.3, 0.4) is 0 Å². The van der Waals surface area contributed by atoms with Crippen LogP contribution in [0.1, 0.15) is 21.5 Å². The summed E-state index contributed by atoms with van der Waals surface area (Å²) in [5, 5.41) is 9.11. The molecule has 0 saturated heterocycles. The highest BCUT2D eigenvalue weighted by Gasteiger charge is 2.23. The molecule has 0 atom stereocenters. The summed E-state index contributed by atoms with van der Waals surface area (Å²) in [7, 11) is 0.